The average molecular weight is 540 g/mol. The summed E-state index contributed by atoms with van der Waals surface area (Å²) in [5, 5.41) is 6.55. The molecule has 0 aliphatic carbocycles. The number of thioether (sulfide) groups is 1. The first-order valence-corrected chi connectivity index (χ1v) is 11.5. The van der Waals surface area contributed by atoms with Crippen molar-refractivity contribution in [1.82, 2.24) is 24.6 Å². The van der Waals surface area contributed by atoms with Crippen molar-refractivity contribution in [3.05, 3.63) is 17.4 Å². The van der Waals surface area contributed by atoms with E-state index in [0.29, 0.717) is 0 Å². The largest absolute Gasteiger partial charge is 0.356 e. The summed E-state index contributed by atoms with van der Waals surface area (Å²) in [6.45, 7) is 6.84. The summed E-state index contributed by atoms with van der Waals surface area (Å²) in [5.74, 6) is 3.01. The molecule has 1 N–H and O–H groups in total. The molecular formula is C16H26IN7S3. The zero-order valence-corrected chi connectivity index (χ0v) is 20.4. The number of aromatic nitrogens is 3. The van der Waals surface area contributed by atoms with E-state index in [9.17, 15) is 0 Å². The summed E-state index contributed by atoms with van der Waals surface area (Å²) in [6, 6.07) is 0. The van der Waals surface area contributed by atoms with Gasteiger partial charge in [-0.3, -0.25) is 4.99 Å². The van der Waals surface area contributed by atoms with Gasteiger partial charge in [-0.1, -0.05) is 18.7 Å². The van der Waals surface area contributed by atoms with Crippen LogP contribution in [0.15, 0.2) is 20.9 Å². The van der Waals surface area contributed by atoms with E-state index in [1.54, 1.807) is 11.3 Å². The van der Waals surface area contributed by atoms with Gasteiger partial charge in [0.15, 0.2) is 5.96 Å². The van der Waals surface area contributed by atoms with Gasteiger partial charge in [-0.2, -0.15) is 4.37 Å². The van der Waals surface area contributed by atoms with Crippen LogP contribution in [0, 0.1) is 0 Å². The highest BCUT2D eigenvalue weighted by molar-refractivity contribution is 14.0. The minimum absolute atomic E-state index is 0. The molecule has 0 radical (unpaired) electrons. The van der Waals surface area contributed by atoms with E-state index in [1.807, 2.05) is 30.4 Å². The molecule has 0 saturated carbocycles. The number of aryl methyl sites for hydroxylation is 1. The average Bonchev–Trinajstić information content (AvgIpc) is 3.36. The smallest absolute Gasteiger partial charge is 0.205 e. The van der Waals surface area contributed by atoms with Gasteiger partial charge >= 0.3 is 0 Å². The zero-order valence-electron chi connectivity index (χ0n) is 15.6. The van der Waals surface area contributed by atoms with Gasteiger partial charge in [0.1, 0.15) is 10.2 Å². The second-order valence-corrected chi connectivity index (χ2v) is 8.76. The minimum Gasteiger partial charge on any atom is -0.356 e. The number of guanidine groups is 1. The van der Waals surface area contributed by atoms with Crippen LogP contribution in [-0.2, 0) is 6.42 Å². The number of nitrogens with zero attached hydrogens (tertiary/aromatic N) is 6. The second-order valence-electron chi connectivity index (χ2n) is 5.79. The number of piperazine rings is 1. The predicted molar refractivity (Wildman–Crippen MR) is 127 cm³/mol. The molecule has 1 fully saturated rings. The third kappa shape index (κ3) is 6.71. The van der Waals surface area contributed by atoms with Crippen LogP contribution in [0.1, 0.15) is 19.2 Å². The fourth-order valence-corrected chi connectivity index (χ4v) is 5.12. The molecule has 11 heteroatoms. The lowest BCUT2D eigenvalue weighted by molar-refractivity contribution is 0.372. The Bertz CT molecular complexity index is 684. The zero-order chi connectivity index (χ0) is 18.2. The van der Waals surface area contributed by atoms with E-state index in [4.69, 9.17) is 0 Å². The summed E-state index contributed by atoms with van der Waals surface area (Å²) in [5.41, 5.74) is 0. The van der Waals surface area contributed by atoms with Crippen molar-refractivity contribution in [2.75, 3.05) is 50.4 Å². The number of hydrogen-bond donors (Lipinski definition) is 1. The molecule has 1 aliphatic heterocycles. The first kappa shape index (κ1) is 22.6. The first-order chi connectivity index (χ1) is 12.8. The van der Waals surface area contributed by atoms with Gasteiger partial charge in [-0.25, -0.2) is 9.97 Å². The molecule has 0 aromatic carbocycles. The summed E-state index contributed by atoms with van der Waals surface area (Å²) >= 11 is 5.03. The highest BCUT2D eigenvalue weighted by atomic mass is 127. The normalized spacial score (nSPS) is 15.0. The lowest BCUT2D eigenvalue weighted by atomic mass is 10.3. The molecule has 0 amide bonds. The van der Waals surface area contributed by atoms with Gasteiger partial charge in [-0.05, 0) is 6.42 Å². The SMILES string of the molecule is CCc1nsc(N2CCN(C(=NC)NCCCSc3nccs3)CC2)n1.I. The molecule has 150 valence electrons. The van der Waals surface area contributed by atoms with Crippen LogP contribution in [0.4, 0.5) is 5.13 Å². The maximum atomic E-state index is 4.60. The first-order valence-electron chi connectivity index (χ1n) is 8.85. The van der Waals surface area contributed by atoms with Crippen LogP contribution in [0.5, 0.6) is 0 Å². The Morgan fingerprint density at radius 3 is 2.78 bits per heavy atom. The third-order valence-electron chi connectivity index (χ3n) is 4.07. The van der Waals surface area contributed by atoms with E-state index >= 15 is 0 Å². The van der Waals surface area contributed by atoms with Crippen molar-refractivity contribution in [3.63, 3.8) is 0 Å². The number of anilines is 1. The molecule has 0 bridgehead atoms. The highest BCUT2D eigenvalue weighted by Crippen LogP contribution is 2.21. The Balaban J connectivity index is 0.00000261. The van der Waals surface area contributed by atoms with Crippen LogP contribution in [0.25, 0.3) is 0 Å². The summed E-state index contributed by atoms with van der Waals surface area (Å²) in [4.78, 5) is 18.0. The molecule has 3 heterocycles. The Labute approximate surface area is 190 Å². The number of thiazole rings is 1. The van der Waals surface area contributed by atoms with Crippen LogP contribution < -0.4 is 10.2 Å². The van der Waals surface area contributed by atoms with Gasteiger partial charge < -0.3 is 15.1 Å². The van der Waals surface area contributed by atoms with Gasteiger partial charge in [0.25, 0.3) is 0 Å². The molecule has 3 rings (SSSR count). The highest BCUT2D eigenvalue weighted by Gasteiger charge is 2.21. The van der Waals surface area contributed by atoms with Gasteiger partial charge in [-0.15, -0.1) is 35.3 Å². The molecule has 2 aromatic heterocycles. The summed E-state index contributed by atoms with van der Waals surface area (Å²) in [6.07, 6.45) is 3.85. The number of nitrogens with one attached hydrogen (secondary N) is 1. The van der Waals surface area contributed by atoms with Crippen LogP contribution >= 0.6 is 58.6 Å². The van der Waals surface area contributed by atoms with Crippen LogP contribution in [-0.4, -0.2) is 70.7 Å². The number of halogens is 1. The predicted octanol–water partition coefficient (Wildman–Crippen LogP) is 3.05. The molecule has 27 heavy (non-hydrogen) atoms. The van der Waals surface area contributed by atoms with E-state index in [2.05, 4.69) is 41.4 Å². The van der Waals surface area contributed by atoms with Gasteiger partial charge in [0, 0.05) is 75.1 Å². The van der Waals surface area contributed by atoms with Crippen molar-refractivity contribution < 1.29 is 0 Å². The molecule has 1 saturated heterocycles. The summed E-state index contributed by atoms with van der Waals surface area (Å²) < 4.78 is 5.54. The second kappa shape index (κ2) is 12.0. The van der Waals surface area contributed by atoms with E-state index in [0.717, 1.165) is 72.6 Å². The topological polar surface area (TPSA) is 69.5 Å². The van der Waals surface area contributed by atoms with Crippen molar-refractivity contribution in [3.8, 4) is 0 Å². The van der Waals surface area contributed by atoms with Crippen LogP contribution in [0.3, 0.4) is 0 Å². The molecule has 0 unspecified atom stereocenters. The Morgan fingerprint density at radius 1 is 1.33 bits per heavy atom. The molecular weight excluding hydrogens is 513 g/mol. The molecule has 2 aromatic rings. The molecule has 0 atom stereocenters. The van der Waals surface area contributed by atoms with E-state index in [1.165, 1.54) is 11.5 Å². The fourth-order valence-electron chi connectivity index (χ4n) is 2.67. The Hall–Kier alpha value is -0.660. The maximum Gasteiger partial charge on any atom is 0.205 e. The van der Waals surface area contributed by atoms with Crippen LogP contribution in [0.2, 0.25) is 0 Å². The van der Waals surface area contributed by atoms with E-state index in [-0.39, 0.29) is 24.0 Å². The van der Waals surface area contributed by atoms with Crippen molar-refractivity contribution >= 4 is 69.7 Å². The lowest BCUT2D eigenvalue weighted by Gasteiger charge is -2.36. The standard InChI is InChI=1S/C16H25N7S3.HI/c1-3-13-20-15(26-21-13)23-9-7-22(8-10-23)14(17-2)18-5-4-11-24-16-19-6-12-25-16;/h6,12H,3-5,7-11H2,1-2H3,(H,17,18);1H. The minimum atomic E-state index is 0. The Morgan fingerprint density at radius 2 is 2.15 bits per heavy atom. The Kier molecular flexibility index (Phi) is 10.1. The lowest BCUT2D eigenvalue weighted by Crippen LogP contribution is -2.52. The molecule has 1 aliphatic rings. The number of rotatable bonds is 7. The van der Waals surface area contributed by atoms with Crippen molar-refractivity contribution in [2.24, 2.45) is 4.99 Å². The number of aliphatic imine (C=N–C) groups is 1. The number of hydrogen-bond acceptors (Lipinski definition) is 8. The van der Waals surface area contributed by atoms with E-state index < -0.39 is 0 Å². The molecule has 7 nitrogen and oxygen atoms in total. The third-order valence-corrected chi connectivity index (χ3v) is 6.94. The van der Waals surface area contributed by atoms with Crippen molar-refractivity contribution in [2.45, 2.75) is 24.1 Å². The maximum absolute atomic E-state index is 4.60. The van der Waals surface area contributed by atoms with Crippen molar-refractivity contribution in [1.29, 1.82) is 0 Å². The molecule has 0 spiro atoms. The monoisotopic (exact) mass is 539 g/mol. The summed E-state index contributed by atoms with van der Waals surface area (Å²) in [7, 11) is 1.86. The quantitative estimate of drug-likeness (QED) is 0.191. The fraction of sp³-hybridized carbons (Fsp3) is 0.625. The van der Waals surface area contributed by atoms with Gasteiger partial charge in [0.2, 0.25) is 5.13 Å². The van der Waals surface area contributed by atoms with Gasteiger partial charge in [0.05, 0.1) is 0 Å².